The van der Waals surface area contributed by atoms with Crippen molar-refractivity contribution in [2.75, 3.05) is 16.1 Å². The van der Waals surface area contributed by atoms with Gasteiger partial charge in [0.2, 0.25) is 0 Å². The van der Waals surface area contributed by atoms with Gasteiger partial charge in [-0.15, -0.1) is 0 Å². The van der Waals surface area contributed by atoms with Crippen LogP contribution in [0.2, 0.25) is 0 Å². The number of aryl methyl sites for hydroxylation is 3. The lowest BCUT2D eigenvalue weighted by molar-refractivity contribution is -0.133. The number of carbonyl (C=O) groups is 3. The van der Waals surface area contributed by atoms with Gasteiger partial charge in [0.1, 0.15) is 5.69 Å². The number of carbonyl (C=O) groups excluding carboxylic acids is 3. The average molecular weight is 533 g/mol. The van der Waals surface area contributed by atoms with E-state index >= 15 is 0 Å². The van der Waals surface area contributed by atoms with Crippen LogP contribution in [0, 0.1) is 27.7 Å². The number of halogens is 1. The Morgan fingerprint density at radius 2 is 1.43 bits per heavy atom. The molecular formula is C27H25BrN4O3. The molecule has 3 aromatic carbocycles. The molecule has 0 unspecified atom stereocenters. The summed E-state index contributed by atoms with van der Waals surface area (Å²) in [6.07, 6.45) is 0. The van der Waals surface area contributed by atoms with Crippen LogP contribution in [0.4, 0.5) is 11.4 Å². The Bertz CT molecular complexity index is 1470. The van der Waals surface area contributed by atoms with Crippen molar-refractivity contribution in [3.63, 3.8) is 0 Å². The first-order valence-corrected chi connectivity index (χ1v) is 11.8. The average Bonchev–Trinajstić information content (AvgIpc) is 3.16. The van der Waals surface area contributed by atoms with Gasteiger partial charge in [-0.3, -0.25) is 19.8 Å². The van der Waals surface area contributed by atoms with Crippen molar-refractivity contribution in [1.29, 1.82) is 0 Å². The Hall–Kier alpha value is -3.91. The van der Waals surface area contributed by atoms with Crippen LogP contribution in [0.1, 0.15) is 32.7 Å². The number of amides is 3. The fraction of sp³-hybridized carbons (Fsp3) is 0.148. The number of anilines is 2. The number of hydrogen-bond donors (Lipinski definition) is 3. The van der Waals surface area contributed by atoms with Gasteiger partial charge in [0, 0.05) is 21.2 Å². The Labute approximate surface area is 211 Å². The minimum Gasteiger partial charge on any atom is -0.320 e. The third kappa shape index (κ3) is 4.97. The molecule has 8 heteroatoms. The van der Waals surface area contributed by atoms with Crippen LogP contribution in [0.25, 0.3) is 10.9 Å². The molecule has 0 aliphatic heterocycles. The zero-order chi connectivity index (χ0) is 25.3. The van der Waals surface area contributed by atoms with Gasteiger partial charge in [-0.05, 0) is 80.3 Å². The lowest BCUT2D eigenvalue weighted by atomic mass is 10.1. The van der Waals surface area contributed by atoms with Crippen LogP contribution in [-0.2, 0) is 9.59 Å². The molecule has 178 valence electrons. The summed E-state index contributed by atoms with van der Waals surface area (Å²) in [6, 6.07) is 18.3. The van der Waals surface area contributed by atoms with E-state index in [1.807, 2.05) is 70.2 Å². The lowest BCUT2D eigenvalue weighted by Crippen LogP contribution is -2.36. The van der Waals surface area contributed by atoms with Crippen LogP contribution in [-0.4, -0.2) is 22.4 Å². The smallest absolute Gasteiger partial charge is 0.320 e. The van der Waals surface area contributed by atoms with Gasteiger partial charge in [0.15, 0.2) is 0 Å². The van der Waals surface area contributed by atoms with E-state index in [1.54, 1.807) is 18.2 Å². The number of fused-ring (bicyclic) bond motifs is 1. The largest absolute Gasteiger partial charge is 0.328 e. The number of nitrogens with zero attached hydrogens (tertiary/aromatic N) is 1. The third-order valence-corrected chi connectivity index (χ3v) is 6.48. The molecule has 35 heavy (non-hydrogen) atoms. The summed E-state index contributed by atoms with van der Waals surface area (Å²) in [5.41, 5.74) is 8.30. The number of aromatic nitrogens is 1. The molecule has 0 aliphatic rings. The van der Waals surface area contributed by atoms with Crippen molar-refractivity contribution in [3.05, 3.63) is 93.1 Å². The molecule has 7 nitrogen and oxygen atoms in total. The maximum absolute atomic E-state index is 13.3. The fourth-order valence-corrected chi connectivity index (χ4v) is 4.26. The molecule has 4 rings (SSSR count). The topological polar surface area (TPSA) is 92.2 Å². The van der Waals surface area contributed by atoms with Crippen molar-refractivity contribution in [2.45, 2.75) is 27.7 Å². The van der Waals surface area contributed by atoms with E-state index in [9.17, 15) is 14.4 Å². The van der Waals surface area contributed by atoms with Crippen LogP contribution < -0.4 is 16.1 Å². The van der Waals surface area contributed by atoms with Crippen molar-refractivity contribution >= 4 is 55.9 Å². The number of hydrogen-bond acceptors (Lipinski definition) is 3. The number of para-hydroxylation sites is 1. The number of nitrogens with one attached hydrogen (secondary N) is 3. The molecule has 0 atom stereocenters. The summed E-state index contributed by atoms with van der Waals surface area (Å²) in [6.45, 7) is 7.60. The van der Waals surface area contributed by atoms with E-state index in [0.29, 0.717) is 16.9 Å². The van der Waals surface area contributed by atoms with E-state index in [0.717, 1.165) is 32.1 Å². The molecule has 0 saturated carbocycles. The summed E-state index contributed by atoms with van der Waals surface area (Å²) in [7, 11) is 0. The predicted molar refractivity (Wildman–Crippen MR) is 142 cm³/mol. The second-order valence-corrected chi connectivity index (χ2v) is 9.35. The third-order valence-electron chi connectivity index (χ3n) is 5.99. The fourth-order valence-electron chi connectivity index (χ4n) is 3.88. The first-order chi connectivity index (χ1) is 16.7. The Balaban J connectivity index is 1.66. The highest BCUT2D eigenvalue weighted by Crippen LogP contribution is 2.25. The summed E-state index contributed by atoms with van der Waals surface area (Å²) < 4.78 is 2.16. The predicted octanol–water partition coefficient (Wildman–Crippen LogP) is 5.60. The molecule has 4 aromatic rings. The van der Waals surface area contributed by atoms with Crippen LogP contribution in [0.5, 0.6) is 0 Å². The molecule has 3 N–H and O–H groups in total. The van der Waals surface area contributed by atoms with Crippen molar-refractivity contribution in [2.24, 2.45) is 0 Å². The summed E-state index contributed by atoms with van der Waals surface area (Å²) in [5.74, 6) is -2.14. The summed E-state index contributed by atoms with van der Waals surface area (Å²) in [5, 5.41) is 6.32. The van der Waals surface area contributed by atoms with Crippen molar-refractivity contribution < 1.29 is 14.4 Å². The normalized spacial score (nSPS) is 10.8. The minimum absolute atomic E-state index is 0.187. The molecule has 0 saturated heterocycles. The Morgan fingerprint density at radius 1 is 0.771 bits per heavy atom. The summed E-state index contributed by atoms with van der Waals surface area (Å²) in [4.78, 5) is 38.9. The number of benzene rings is 3. The second kappa shape index (κ2) is 9.76. The van der Waals surface area contributed by atoms with Crippen LogP contribution >= 0.6 is 15.9 Å². The van der Waals surface area contributed by atoms with Crippen LogP contribution in [0.3, 0.4) is 0 Å². The van der Waals surface area contributed by atoms with Crippen molar-refractivity contribution in [3.8, 4) is 0 Å². The quantitative estimate of drug-likeness (QED) is 0.299. The van der Waals surface area contributed by atoms with Gasteiger partial charge in [0.25, 0.3) is 5.91 Å². The van der Waals surface area contributed by atoms with E-state index in [4.69, 9.17) is 0 Å². The van der Waals surface area contributed by atoms with E-state index in [2.05, 4.69) is 32.0 Å². The lowest BCUT2D eigenvalue weighted by Gasteiger charge is -2.15. The zero-order valence-electron chi connectivity index (χ0n) is 19.8. The number of rotatable bonds is 4. The van der Waals surface area contributed by atoms with Gasteiger partial charge in [-0.1, -0.05) is 46.3 Å². The minimum atomic E-state index is -0.895. The van der Waals surface area contributed by atoms with Gasteiger partial charge >= 0.3 is 11.8 Å². The molecule has 0 spiro atoms. The van der Waals surface area contributed by atoms with Crippen molar-refractivity contribution in [1.82, 2.24) is 4.68 Å². The molecular weight excluding hydrogens is 508 g/mol. The maximum Gasteiger partial charge on any atom is 0.328 e. The van der Waals surface area contributed by atoms with Gasteiger partial charge in [0.05, 0.1) is 5.52 Å². The highest BCUT2D eigenvalue weighted by atomic mass is 79.9. The van der Waals surface area contributed by atoms with Gasteiger partial charge < -0.3 is 10.6 Å². The first-order valence-electron chi connectivity index (χ1n) is 11.0. The maximum atomic E-state index is 13.3. The molecule has 1 heterocycles. The zero-order valence-corrected chi connectivity index (χ0v) is 21.4. The summed E-state index contributed by atoms with van der Waals surface area (Å²) >= 11 is 3.44. The van der Waals surface area contributed by atoms with Gasteiger partial charge in [-0.25, -0.2) is 4.68 Å². The first kappa shape index (κ1) is 24.2. The van der Waals surface area contributed by atoms with Gasteiger partial charge in [-0.2, -0.15) is 0 Å². The highest BCUT2D eigenvalue weighted by Gasteiger charge is 2.22. The van der Waals surface area contributed by atoms with E-state index in [-0.39, 0.29) is 5.69 Å². The Kier molecular flexibility index (Phi) is 6.75. The monoisotopic (exact) mass is 532 g/mol. The molecule has 3 amide bonds. The highest BCUT2D eigenvalue weighted by molar-refractivity contribution is 9.10. The SMILES string of the molecule is Cc1cccc(NC(=O)c2cc3cc(Br)ccc3n2NC(=O)C(=O)Nc2c(C)cccc2C)c1C. The standard InChI is InChI=1S/C27H25BrN4O3/c1-15-7-6-10-21(18(15)4)29-25(33)23-14-19-13-20(28)11-12-22(19)32(23)31-27(35)26(34)30-24-16(2)8-5-9-17(24)3/h5-14H,1-4H3,(H,29,33)(H,30,34)(H,31,35). The molecule has 0 radical (unpaired) electrons. The van der Waals surface area contributed by atoms with Crippen LogP contribution in [0.15, 0.2) is 65.1 Å². The van der Waals surface area contributed by atoms with E-state index in [1.165, 1.54) is 4.68 Å². The molecule has 0 aliphatic carbocycles. The molecule has 0 bridgehead atoms. The Morgan fingerprint density at radius 3 is 2.14 bits per heavy atom. The second-order valence-electron chi connectivity index (χ2n) is 8.43. The van der Waals surface area contributed by atoms with E-state index < -0.39 is 17.7 Å². The molecule has 0 fully saturated rings. The molecule has 1 aromatic heterocycles.